The van der Waals surface area contributed by atoms with Crippen LogP contribution >= 0.6 is 11.6 Å². The van der Waals surface area contributed by atoms with Crippen LogP contribution in [0.1, 0.15) is 28.5 Å². The monoisotopic (exact) mass is 339 g/mol. The van der Waals surface area contributed by atoms with Gasteiger partial charge in [-0.1, -0.05) is 42.8 Å². The van der Waals surface area contributed by atoms with Crippen molar-refractivity contribution in [3.63, 3.8) is 0 Å². The first-order valence-corrected chi connectivity index (χ1v) is 8.20. The Hall–Kier alpha value is -2.52. The second-order valence-corrected chi connectivity index (χ2v) is 6.13. The van der Waals surface area contributed by atoms with E-state index in [9.17, 15) is 9.90 Å². The third-order valence-electron chi connectivity index (χ3n) is 4.22. The Kier molecular flexibility index (Phi) is 4.45. The average Bonchev–Trinajstić information content (AvgIpc) is 2.93. The van der Waals surface area contributed by atoms with Gasteiger partial charge in [0.2, 0.25) is 0 Å². The number of carboxylic acid groups (broad SMARTS) is 1. The van der Waals surface area contributed by atoms with Gasteiger partial charge in [-0.05, 0) is 54.8 Å². The normalized spacial score (nSPS) is 10.8. The maximum absolute atomic E-state index is 11.6. The predicted molar refractivity (Wildman–Crippen MR) is 97.3 cm³/mol. The van der Waals surface area contributed by atoms with Crippen molar-refractivity contribution in [2.75, 3.05) is 0 Å². The molecule has 0 atom stereocenters. The Balaban J connectivity index is 2.22. The van der Waals surface area contributed by atoms with Crippen molar-refractivity contribution in [3.05, 3.63) is 76.4 Å². The molecule has 122 valence electrons. The summed E-state index contributed by atoms with van der Waals surface area (Å²) in [7, 11) is 0. The Morgan fingerprint density at radius 2 is 1.71 bits per heavy atom. The number of aromatic nitrogens is 1. The summed E-state index contributed by atoms with van der Waals surface area (Å²) in [6.45, 7) is 3.94. The van der Waals surface area contributed by atoms with Crippen LogP contribution in [0.25, 0.3) is 16.9 Å². The van der Waals surface area contributed by atoms with Crippen LogP contribution in [0, 0.1) is 6.92 Å². The number of carbonyl (C=O) groups is 1. The molecule has 1 aromatic heterocycles. The van der Waals surface area contributed by atoms with Gasteiger partial charge in [0, 0.05) is 16.4 Å². The van der Waals surface area contributed by atoms with Crippen LogP contribution in [0.4, 0.5) is 0 Å². The van der Waals surface area contributed by atoms with Crippen LogP contribution in [0.15, 0.2) is 54.6 Å². The van der Waals surface area contributed by atoms with E-state index >= 15 is 0 Å². The van der Waals surface area contributed by atoms with E-state index in [1.54, 1.807) is 6.07 Å². The first-order valence-electron chi connectivity index (χ1n) is 7.82. The molecule has 0 amide bonds. The molecule has 2 aromatic carbocycles. The van der Waals surface area contributed by atoms with Crippen molar-refractivity contribution in [2.45, 2.75) is 20.3 Å². The van der Waals surface area contributed by atoms with Gasteiger partial charge in [-0.25, -0.2) is 4.79 Å². The molecule has 0 bridgehead atoms. The zero-order valence-electron chi connectivity index (χ0n) is 13.6. The number of hydrogen-bond acceptors (Lipinski definition) is 1. The highest BCUT2D eigenvalue weighted by molar-refractivity contribution is 6.30. The first kappa shape index (κ1) is 16.3. The van der Waals surface area contributed by atoms with Gasteiger partial charge in [-0.3, -0.25) is 0 Å². The topological polar surface area (TPSA) is 42.2 Å². The predicted octanol–water partition coefficient (Wildman–Crippen LogP) is 5.37. The number of halogens is 1. The summed E-state index contributed by atoms with van der Waals surface area (Å²) in [6, 6.07) is 17.3. The van der Waals surface area contributed by atoms with E-state index in [1.807, 2.05) is 47.9 Å². The summed E-state index contributed by atoms with van der Waals surface area (Å²) in [4.78, 5) is 11.6. The fourth-order valence-electron chi connectivity index (χ4n) is 2.87. The second kappa shape index (κ2) is 6.54. The van der Waals surface area contributed by atoms with E-state index in [0.717, 1.165) is 23.4 Å². The molecule has 0 aliphatic carbocycles. The number of aromatic carboxylic acids is 1. The van der Waals surface area contributed by atoms with Gasteiger partial charge in [-0.2, -0.15) is 0 Å². The standard InChI is InChI=1S/C20H18ClNO2/c1-3-14-4-10-17(11-5-14)22-13(2)18(20(23)24)12-19(22)15-6-8-16(21)9-7-15/h4-12H,3H2,1-2H3,(H,23,24). The van der Waals surface area contributed by atoms with Gasteiger partial charge in [0.25, 0.3) is 0 Å². The molecule has 0 saturated carbocycles. The van der Waals surface area contributed by atoms with Crippen molar-refractivity contribution in [2.24, 2.45) is 0 Å². The molecular weight excluding hydrogens is 322 g/mol. The molecule has 1 N–H and O–H groups in total. The largest absolute Gasteiger partial charge is 0.478 e. The van der Waals surface area contributed by atoms with Crippen molar-refractivity contribution in [3.8, 4) is 16.9 Å². The molecule has 3 rings (SSSR count). The molecule has 3 aromatic rings. The maximum atomic E-state index is 11.6. The van der Waals surface area contributed by atoms with Crippen LogP contribution in [0.5, 0.6) is 0 Å². The smallest absolute Gasteiger partial charge is 0.337 e. The lowest BCUT2D eigenvalue weighted by molar-refractivity contribution is 0.0696. The fourth-order valence-corrected chi connectivity index (χ4v) is 3.00. The third kappa shape index (κ3) is 2.95. The van der Waals surface area contributed by atoms with Crippen molar-refractivity contribution in [1.29, 1.82) is 0 Å². The van der Waals surface area contributed by atoms with Gasteiger partial charge in [0.15, 0.2) is 0 Å². The Morgan fingerprint density at radius 1 is 1.08 bits per heavy atom. The molecule has 0 fully saturated rings. The molecule has 0 saturated heterocycles. The van der Waals surface area contributed by atoms with Crippen molar-refractivity contribution >= 4 is 17.6 Å². The van der Waals surface area contributed by atoms with E-state index in [4.69, 9.17) is 11.6 Å². The van der Waals surface area contributed by atoms with Crippen molar-refractivity contribution in [1.82, 2.24) is 4.57 Å². The van der Waals surface area contributed by atoms with Gasteiger partial charge in [0.1, 0.15) is 0 Å². The van der Waals surface area contributed by atoms with Crippen LogP contribution in [-0.4, -0.2) is 15.6 Å². The zero-order valence-corrected chi connectivity index (χ0v) is 14.3. The molecular formula is C20H18ClNO2. The molecule has 0 spiro atoms. The Morgan fingerprint density at radius 3 is 2.25 bits per heavy atom. The molecule has 0 radical (unpaired) electrons. The van der Waals surface area contributed by atoms with Crippen LogP contribution < -0.4 is 0 Å². The number of hydrogen-bond donors (Lipinski definition) is 1. The Bertz CT molecular complexity index is 877. The summed E-state index contributed by atoms with van der Waals surface area (Å²) in [5.41, 5.74) is 4.97. The molecule has 24 heavy (non-hydrogen) atoms. The second-order valence-electron chi connectivity index (χ2n) is 5.70. The summed E-state index contributed by atoms with van der Waals surface area (Å²) >= 11 is 5.98. The quantitative estimate of drug-likeness (QED) is 0.694. The van der Waals surface area contributed by atoms with E-state index < -0.39 is 5.97 Å². The van der Waals surface area contributed by atoms with Crippen LogP contribution in [-0.2, 0) is 6.42 Å². The zero-order chi connectivity index (χ0) is 17.3. The SMILES string of the molecule is CCc1ccc(-n2c(-c3ccc(Cl)cc3)cc(C(=O)O)c2C)cc1. The maximum Gasteiger partial charge on any atom is 0.337 e. The average molecular weight is 340 g/mol. The number of benzene rings is 2. The highest BCUT2D eigenvalue weighted by atomic mass is 35.5. The van der Waals surface area contributed by atoms with Gasteiger partial charge >= 0.3 is 5.97 Å². The van der Waals surface area contributed by atoms with E-state index in [0.29, 0.717) is 16.3 Å². The minimum atomic E-state index is -0.924. The van der Waals surface area contributed by atoms with E-state index in [1.165, 1.54) is 5.56 Å². The lowest BCUT2D eigenvalue weighted by Crippen LogP contribution is -2.02. The van der Waals surface area contributed by atoms with Crippen molar-refractivity contribution < 1.29 is 9.90 Å². The molecule has 0 aliphatic heterocycles. The number of nitrogens with zero attached hydrogens (tertiary/aromatic N) is 1. The number of rotatable bonds is 4. The van der Waals surface area contributed by atoms with Gasteiger partial charge in [0.05, 0.1) is 11.3 Å². The number of carboxylic acids is 1. The molecule has 1 heterocycles. The Labute approximate surface area is 146 Å². The van der Waals surface area contributed by atoms with Crippen LogP contribution in [0.2, 0.25) is 5.02 Å². The van der Waals surface area contributed by atoms with E-state index in [-0.39, 0.29) is 0 Å². The molecule has 3 nitrogen and oxygen atoms in total. The summed E-state index contributed by atoms with van der Waals surface area (Å²) < 4.78 is 1.98. The minimum absolute atomic E-state index is 0.305. The fraction of sp³-hybridized carbons (Fsp3) is 0.150. The first-order chi connectivity index (χ1) is 11.5. The van der Waals surface area contributed by atoms with E-state index in [2.05, 4.69) is 19.1 Å². The number of aryl methyl sites for hydroxylation is 1. The highest BCUT2D eigenvalue weighted by Gasteiger charge is 2.19. The summed E-state index contributed by atoms with van der Waals surface area (Å²) in [5.74, 6) is -0.924. The summed E-state index contributed by atoms with van der Waals surface area (Å²) in [5, 5.41) is 10.1. The molecule has 0 aliphatic rings. The lowest BCUT2D eigenvalue weighted by Gasteiger charge is -2.13. The highest BCUT2D eigenvalue weighted by Crippen LogP contribution is 2.30. The lowest BCUT2D eigenvalue weighted by atomic mass is 10.1. The van der Waals surface area contributed by atoms with Gasteiger partial charge < -0.3 is 9.67 Å². The van der Waals surface area contributed by atoms with Crippen LogP contribution in [0.3, 0.4) is 0 Å². The summed E-state index contributed by atoms with van der Waals surface area (Å²) in [6.07, 6.45) is 0.968. The molecule has 0 unspecified atom stereocenters. The minimum Gasteiger partial charge on any atom is -0.478 e. The third-order valence-corrected chi connectivity index (χ3v) is 4.47. The molecule has 4 heteroatoms. The van der Waals surface area contributed by atoms with Gasteiger partial charge in [-0.15, -0.1) is 0 Å².